The lowest BCUT2D eigenvalue weighted by atomic mass is 10.5. The van der Waals surface area contributed by atoms with E-state index in [-0.39, 0.29) is 0 Å². The van der Waals surface area contributed by atoms with Crippen molar-refractivity contribution in [3.8, 4) is 0 Å². The molecule has 16 heavy (non-hydrogen) atoms. The molecule has 0 aliphatic carbocycles. The van der Waals surface area contributed by atoms with Crippen molar-refractivity contribution in [1.29, 1.82) is 0 Å². The van der Waals surface area contributed by atoms with Crippen LogP contribution in [-0.2, 0) is 0 Å². The zero-order valence-electron chi connectivity index (χ0n) is 7.91. The van der Waals surface area contributed by atoms with Gasteiger partial charge in [0.2, 0.25) is 0 Å². The molecular weight excluding hydrogens is 248 g/mol. The van der Waals surface area contributed by atoms with Gasteiger partial charge in [0.25, 0.3) is 0 Å². The van der Waals surface area contributed by atoms with E-state index in [9.17, 15) is 9.59 Å². The van der Waals surface area contributed by atoms with Gasteiger partial charge in [0.15, 0.2) is 0 Å². The summed E-state index contributed by atoms with van der Waals surface area (Å²) in [4.78, 5) is 23.3. The van der Waals surface area contributed by atoms with Gasteiger partial charge in [-0.3, -0.25) is 0 Å². The Bertz CT molecular complexity index is 534. The first-order valence-corrected chi connectivity index (χ1v) is 6.42. The summed E-state index contributed by atoms with van der Waals surface area (Å²) in [6, 6.07) is 6.51. The van der Waals surface area contributed by atoms with Crippen LogP contribution >= 0.6 is 21.6 Å². The summed E-state index contributed by atoms with van der Waals surface area (Å²) in [6.07, 6.45) is 2.63. The summed E-state index contributed by atoms with van der Waals surface area (Å²) in [5.41, 5.74) is -0.833. The zero-order valence-corrected chi connectivity index (χ0v) is 9.55. The summed E-state index contributed by atoms with van der Waals surface area (Å²) in [7, 11) is 2.33. The second-order valence-corrected chi connectivity index (χ2v) is 4.91. The van der Waals surface area contributed by atoms with Crippen LogP contribution in [0.1, 0.15) is 0 Å². The smallest absolute Gasteiger partial charge is 0.350 e. The van der Waals surface area contributed by atoms with E-state index in [0.29, 0.717) is 9.79 Å². The van der Waals surface area contributed by atoms with Crippen molar-refractivity contribution in [1.82, 2.24) is 0 Å². The maximum Gasteiger partial charge on any atom is 0.350 e. The summed E-state index contributed by atoms with van der Waals surface area (Å²) < 4.78 is 9.37. The van der Waals surface area contributed by atoms with Crippen molar-refractivity contribution in [3.05, 3.63) is 57.6 Å². The Kier molecular flexibility index (Phi) is 3.53. The third-order valence-electron chi connectivity index (χ3n) is 1.63. The van der Waals surface area contributed by atoms with Gasteiger partial charge in [-0.15, -0.1) is 0 Å². The van der Waals surface area contributed by atoms with Crippen LogP contribution in [0.3, 0.4) is 0 Å². The molecule has 2 aromatic heterocycles. The van der Waals surface area contributed by atoms with Crippen molar-refractivity contribution in [2.45, 2.75) is 9.79 Å². The standard InChI is InChI=1S/C10H6O4S2/c11-9-7(3-1-5-13-9)15-16-8-4-2-6-14-10(8)12/h1-6H. The Morgan fingerprint density at radius 1 is 0.812 bits per heavy atom. The molecule has 6 heteroatoms. The molecule has 2 aromatic rings. The molecule has 0 fully saturated rings. The van der Waals surface area contributed by atoms with Gasteiger partial charge in [-0.1, -0.05) is 0 Å². The normalized spacial score (nSPS) is 10.2. The number of rotatable bonds is 3. The van der Waals surface area contributed by atoms with E-state index in [1.807, 2.05) is 0 Å². The van der Waals surface area contributed by atoms with Crippen LogP contribution in [0, 0.1) is 0 Å². The van der Waals surface area contributed by atoms with Gasteiger partial charge in [-0.05, 0) is 45.9 Å². The van der Waals surface area contributed by atoms with E-state index in [1.165, 1.54) is 12.5 Å². The van der Waals surface area contributed by atoms with Crippen LogP contribution < -0.4 is 11.3 Å². The van der Waals surface area contributed by atoms with Crippen LogP contribution in [0.25, 0.3) is 0 Å². The zero-order chi connectivity index (χ0) is 11.4. The maximum absolute atomic E-state index is 11.2. The first kappa shape index (κ1) is 11.1. The number of hydrogen-bond acceptors (Lipinski definition) is 6. The largest absolute Gasteiger partial charge is 0.430 e. The average Bonchev–Trinajstić information content (AvgIpc) is 2.30. The molecule has 4 nitrogen and oxygen atoms in total. The molecule has 2 rings (SSSR count). The monoisotopic (exact) mass is 254 g/mol. The van der Waals surface area contributed by atoms with E-state index in [4.69, 9.17) is 0 Å². The highest BCUT2D eigenvalue weighted by Gasteiger charge is 2.05. The highest BCUT2D eigenvalue weighted by molar-refractivity contribution is 8.76. The van der Waals surface area contributed by atoms with Crippen LogP contribution in [0.15, 0.2) is 65.0 Å². The number of hydrogen-bond donors (Lipinski definition) is 0. The lowest BCUT2D eigenvalue weighted by Gasteiger charge is -1.97. The lowest BCUT2D eigenvalue weighted by Crippen LogP contribution is -2.00. The Morgan fingerprint density at radius 2 is 1.25 bits per heavy atom. The molecule has 0 saturated heterocycles. The van der Waals surface area contributed by atoms with Crippen LogP contribution in [0.5, 0.6) is 0 Å². The highest BCUT2D eigenvalue weighted by atomic mass is 33.1. The Hall–Kier alpha value is -1.40. The Balaban J connectivity index is 2.15. The second-order valence-electron chi connectivity index (χ2n) is 2.70. The predicted octanol–water partition coefficient (Wildman–Crippen LogP) is 2.39. The van der Waals surface area contributed by atoms with E-state index < -0.39 is 11.3 Å². The Labute approximate surface area is 98.1 Å². The van der Waals surface area contributed by atoms with Crippen molar-refractivity contribution >= 4 is 21.6 Å². The molecule has 0 N–H and O–H groups in total. The maximum atomic E-state index is 11.2. The fourth-order valence-corrected chi connectivity index (χ4v) is 2.88. The van der Waals surface area contributed by atoms with Gasteiger partial charge in [-0.2, -0.15) is 0 Å². The molecule has 0 unspecified atom stereocenters. The summed E-state index contributed by atoms with van der Waals surface area (Å²) in [5, 5.41) is 0. The Morgan fingerprint density at radius 3 is 1.62 bits per heavy atom. The minimum atomic E-state index is -0.416. The van der Waals surface area contributed by atoms with Crippen LogP contribution in [0.2, 0.25) is 0 Å². The fourth-order valence-electron chi connectivity index (χ4n) is 0.921. The van der Waals surface area contributed by atoms with Crippen LogP contribution in [0.4, 0.5) is 0 Å². The quantitative estimate of drug-likeness (QED) is 0.784. The average molecular weight is 254 g/mol. The third kappa shape index (κ3) is 2.59. The first-order chi connectivity index (χ1) is 7.77. The first-order valence-electron chi connectivity index (χ1n) is 4.27. The minimum Gasteiger partial charge on any atom is -0.430 e. The van der Waals surface area contributed by atoms with E-state index in [0.717, 1.165) is 21.6 Å². The molecule has 0 bridgehead atoms. The van der Waals surface area contributed by atoms with E-state index >= 15 is 0 Å². The molecule has 82 valence electrons. The summed E-state index contributed by atoms with van der Waals surface area (Å²) in [6.45, 7) is 0. The lowest BCUT2D eigenvalue weighted by molar-refractivity contribution is 0.494. The van der Waals surface area contributed by atoms with Gasteiger partial charge < -0.3 is 8.83 Å². The second kappa shape index (κ2) is 5.09. The topological polar surface area (TPSA) is 60.4 Å². The van der Waals surface area contributed by atoms with Crippen molar-refractivity contribution in [2.75, 3.05) is 0 Å². The fraction of sp³-hybridized carbons (Fsp3) is 0. The van der Waals surface area contributed by atoms with Gasteiger partial charge in [0.05, 0.1) is 12.5 Å². The molecule has 2 heterocycles. The highest BCUT2D eigenvalue weighted by Crippen LogP contribution is 2.33. The van der Waals surface area contributed by atoms with E-state index in [2.05, 4.69) is 8.83 Å². The molecule has 0 radical (unpaired) electrons. The predicted molar refractivity (Wildman–Crippen MR) is 61.7 cm³/mol. The van der Waals surface area contributed by atoms with Gasteiger partial charge >= 0.3 is 11.3 Å². The van der Waals surface area contributed by atoms with E-state index in [1.54, 1.807) is 24.3 Å². The van der Waals surface area contributed by atoms with Gasteiger partial charge in [0.1, 0.15) is 9.79 Å². The van der Waals surface area contributed by atoms with Crippen molar-refractivity contribution in [3.63, 3.8) is 0 Å². The molecule has 0 aliphatic rings. The molecular formula is C10H6O4S2. The van der Waals surface area contributed by atoms with Gasteiger partial charge in [0, 0.05) is 0 Å². The molecule has 0 atom stereocenters. The molecule has 0 saturated carbocycles. The third-order valence-corrected chi connectivity index (χ3v) is 4.00. The van der Waals surface area contributed by atoms with Crippen LogP contribution in [-0.4, -0.2) is 0 Å². The molecule has 0 aromatic carbocycles. The summed E-state index contributed by atoms with van der Waals surface area (Å²) in [5.74, 6) is 0. The molecule has 0 spiro atoms. The summed E-state index contributed by atoms with van der Waals surface area (Å²) >= 11 is 0. The van der Waals surface area contributed by atoms with Gasteiger partial charge in [-0.25, -0.2) is 9.59 Å². The van der Waals surface area contributed by atoms with Crippen molar-refractivity contribution in [2.24, 2.45) is 0 Å². The SMILES string of the molecule is O=c1occcc1SSc1cccoc1=O. The minimum absolute atomic E-state index is 0.416. The molecule has 0 aliphatic heterocycles. The molecule has 0 amide bonds. The van der Waals surface area contributed by atoms with Crippen molar-refractivity contribution < 1.29 is 8.83 Å².